The molecule has 4 nitrogen and oxygen atoms in total. The minimum atomic E-state index is 0.222. The number of methoxy groups -OCH3 is 1. The molecule has 18 heavy (non-hydrogen) atoms. The Hall–Kier alpha value is 0.320. The lowest BCUT2D eigenvalue weighted by atomic mass is 9.91. The van der Waals surface area contributed by atoms with Crippen molar-refractivity contribution < 1.29 is 18.9 Å². The van der Waals surface area contributed by atoms with Gasteiger partial charge >= 0.3 is 0 Å². The molecule has 1 aliphatic rings. The fourth-order valence-corrected chi connectivity index (χ4v) is 2.66. The zero-order valence-corrected chi connectivity index (χ0v) is 13.0. The summed E-state index contributed by atoms with van der Waals surface area (Å²) < 4.78 is 21.8. The molecule has 3 unspecified atom stereocenters. The molecule has 1 rings (SSSR count). The molecule has 5 heteroatoms. The minimum Gasteiger partial charge on any atom is -0.382 e. The van der Waals surface area contributed by atoms with E-state index in [4.69, 9.17) is 18.9 Å². The number of ether oxygens (including phenoxy) is 4. The van der Waals surface area contributed by atoms with Crippen LogP contribution in [-0.4, -0.2) is 57.2 Å². The lowest BCUT2D eigenvalue weighted by molar-refractivity contribution is -0.123. The lowest BCUT2D eigenvalue weighted by Gasteiger charge is -2.40. The summed E-state index contributed by atoms with van der Waals surface area (Å²) in [7, 11) is 1.68. The van der Waals surface area contributed by atoms with Crippen molar-refractivity contribution >= 4 is 15.9 Å². The van der Waals surface area contributed by atoms with Gasteiger partial charge in [-0.15, -0.1) is 0 Å². The van der Waals surface area contributed by atoms with Gasteiger partial charge in [0.15, 0.2) is 0 Å². The van der Waals surface area contributed by atoms with Gasteiger partial charge in [0.25, 0.3) is 0 Å². The third kappa shape index (κ3) is 5.97. The normalized spacial score (nSPS) is 27.2. The van der Waals surface area contributed by atoms with E-state index in [1.54, 1.807) is 7.11 Å². The second kappa shape index (κ2) is 10.1. The predicted molar refractivity (Wildman–Crippen MR) is 74.4 cm³/mol. The van der Waals surface area contributed by atoms with Gasteiger partial charge < -0.3 is 18.9 Å². The minimum absolute atomic E-state index is 0.222. The van der Waals surface area contributed by atoms with Crippen LogP contribution in [0.5, 0.6) is 0 Å². The Labute approximate surface area is 118 Å². The second-order valence-electron chi connectivity index (χ2n) is 4.46. The molecule has 0 heterocycles. The maximum atomic E-state index is 5.80. The standard InChI is InChI=1S/C13H25BrO4/c1-3-5-18-13-11(14)10-12(13)17-7-4-6-16-9-8-15-2/h11-13H,3-10H2,1-2H3. The molecule has 0 aromatic carbocycles. The van der Waals surface area contributed by atoms with Crippen molar-refractivity contribution in [3.8, 4) is 0 Å². The van der Waals surface area contributed by atoms with Crippen molar-refractivity contribution in [1.82, 2.24) is 0 Å². The highest BCUT2D eigenvalue weighted by Gasteiger charge is 2.41. The molecule has 0 aromatic rings. The molecule has 0 spiro atoms. The van der Waals surface area contributed by atoms with Crippen molar-refractivity contribution in [1.29, 1.82) is 0 Å². The van der Waals surface area contributed by atoms with Crippen LogP contribution >= 0.6 is 15.9 Å². The first-order chi connectivity index (χ1) is 8.79. The molecule has 108 valence electrons. The van der Waals surface area contributed by atoms with Crippen molar-refractivity contribution in [3.05, 3.63) is 0 Å². The van der Waals surface area contributed by atoms with Gasteiger partial charge in [0, 0.05) is 31.8 Å². The van der Waals surface area contributed by atoms with Crippen LogP contribution in [0, 0.1) is 0 Å². The smallest absolute Gasteiger partial charge is 0.0962 e. The van der Waals surface area contributed by atoms with Crippen LogP contribution in [-0.2, 0) is 18.9 Å². The Morgan fingerprint density at radius 3 is 2.56 bits per heavy atom. The number of hydrogen-bond donors (Lipinski definition) is 0. The summed E-state index contributed by atoms with van der Waals surface area (Å²) in [6.07, 6.45) is 3.49. The van der Waals surface area contributed by atoms with Gasteiger partial charge in [-0.3, -0.25) is 0 Å². The van der Waals surface area contributed by atoms with E-state index in [2.05, 4.69) is 22.9 Å². The van der Waals surface area contributed by atoms with Crippen LogP contribution in [0.3, 0.4) is 0 Å². The van der Waals surface area contributed by atoms with Crippen molar-refractivity contribution in [2.24, 2.45) is 0 Å². The molecule has 1 aliphatic carbocycles. The first-order valence-corrected chi connectivity index (χ1v) is 7.65. The largest absolute Gasteiger partial charge is 0.382 e. The van der Waals surface area contributed by atoms with E-state index in [1.165, 1.54) is 0 Å². The summed E-state index contributed by atoms with van der Waals surface area (Å²) in [6.45, 7) is 5.72. The van der Waals surface area contributed by atoms with E-state index in [0.29, 0.717) is 18.0 Å². The monoisotopic (exact) mass is 324 g/mol. The molecule has 1 saturated carbocycles. The van der Waals surface area contributed by atoms with E-state index >= 15 is 0 Å². The molecule has 0 aromatic heterocycles. The number of rotatable bonds is 11. The van der Waals surface area contributed by atoms with Gasteiger partial charge in [-0.05, 0) is 19.3 Å². The van der Waals surface area contributed by atoms with Crippen LogP contribution < -0.4 is 0 Å². The molecule has 0 N–H and O–H groups in total. The highest BCUT2D eigenvalue weighted by atomic mass is 79.9. The number of hydrogen-bond acceptors (Lipinski definition) is 4. The molecule has 0 bridgehead atoms. The van der Waals surface area contributed by atoms with Gasteiger partial charge in [-0.2, -0.15) is 0 Å². The molecular formula is C13H25BrO4. The third-order valence-corrected chi connectivity index (χ3v) is 3.79. The fourth-order valence-electron chi connectivity index (χ4n) is 1.80. The fraction of sp³-hybridized carbons (Fsp3) is 1.00. The Morgan fingerprint density at radius 1 is 1.06 bits per heavy atom. The molecule has 0 aliphatic heterocycles. The van der Waals surface area contributed by atoms with E-state index in [9.17, 15) is 0 Å². The Morgan fingerprint density at radius 2 is 1.89 bits per heavy atom. The van der Waals surface area contributed by atoms with Crippen LogP contribution in [0.25, 0.3) is 0 Å². The number of halogens is 1. The van der Waals surface area contributed by atoms with Crippen molar-refractivity contribution in [2.45, 2.75) is 43.2 Å². The summed E-state index contributed by atoms with van der Waals surface area (Å²) in [5.74, 6) is 0. The highest BCUT2D eigenvalue weighted by molar-refractivity contribution is 9.09. The van der Waals surface area contributed by atoms with Crippen LogP contribution in [0.2, 0.25) is 0 Å². The summed E-state index contributed by atoms with van der Waals surface area (Å²) in [6, 6.07) is 0. The third-order valence-electron chi connectivity index (χ3n) is 2.89. The van der Waals surface area contributed by atoms with E-state index in [0.717, 1.165) is 39.1 Å². The van der Waals surface area contributed by atoms with E-state index in [-0.39, 0.29) is 12.2 Å². The molecular weight excluding hydrogens is 300 g/mol. The topological polar surface area (TPSA) is 36.9 Å². The van der Waals surface area contributed by atoms with Gasteiger partial charge in [-0.25, -0.2) is 0 Å². The summed E-state index contributed by atoms with van der Waals surface area (Å²) >= 11 is 3.60. The molecule has 1 fully saturated rings. The Bertz CT molecular complexity index is 203. The quantitative estimate of drug-likeness (QED) is 0.432. The Kier molecular flexibility index (Phi) is 9.23. The maximum absolute atomic E-state index is 5.80. The summed E-state index contributed by atoms with van der Waals surface area (Å²) in [4.78, 5) is 0.451. The molecule has 0 saturated heterocycles. The zero-order chi connectivity index (χ0) is 13.2. The predicted octanol–water partition coefficient (Wildman–Crippen LogP) is 2.39. The summed E-state index contributed by atoms with van der Waals surface area (Å²) in [5, 5.41) is 0. The van der Waals surface area contributed by atoms with Crippen LogP contribution in [0.15, 0.2) is 0 Å². The van der Waals surface area contributed by atoms with Gasteiger partial charge in [0.05, 0.1) is 25.4 Å². The summed E-state index contributed by atoms with van der Waals surface area (Å²) in [5.41, 5.74) is 0. The maximum Gasteiger partial charge on any atom is 0.0962 e. The van der Waals surface area contributed by atoms with Gasteiger partial charge in [-0.1, -0.05) is 22.9 Å². The Balaban J connectivity index is 1.95. The second-order valence-corrected chi connectivity index (χ2v) is 5.63. The molecule has 0 radical (unpaired) electrons. The molecule has 3 atom stereocenters. The SMILES string of the molecule is CCCOC1C(Br)CC1OCCCOCCOC. The van der Waals surface area contributed by atoms with E-state index in [1.807, 2.05) is 0 Å². The molecule has 0 amide bonds. The average molecular weight is 325 g/mol. The van der Waals surface area contributed by atoms with Gasteiger partial charge in [0.2, 0.25) is 0 Å². The van der Waals surface area contributed by atoms with Crippen LogP contribution in [0.4, 0.5) is 0 Å². The number of alkyl halides is 1. The lowest BCUT2D eigenvalue weighted by Crippen LogP contribution is -2.51. The van der Waals surface area contributed by atoms with Gasteiger partial charge in [0.1, 0.15) is 0 Å². The first-order valence-electron chi connectivity index (χ1n) is 6.73. The van der Waals surface area contributed by atoms with E-state index < -0.39 is 0 Å². The van der Waals surface area contributed by atoms with Crippen LogP contribution in [0.1, 0.15) is 26.2 Å². The average Bonchev–Trinajstić information content (AvgIpc) is 2.36. The highest BCUT2D eigenvalue weighted by Crippen LogP contribution is 2.33. The zero-order valence-electron chi connectivity index (χ0n) is 11.4. The first kappa shape index (κ1) is 16.4. The van der Waals surface area contributed by atoms with Crippen molar-refractivity contribution in [2.75, 3.05) is 40.1 Å². The van der Waals surface area contributed by atoms with Crippen molar-refractivity contribution in [3.63, 3.8) is 0 Å².